The van der Waals surface area contributed by atoms with Gasteiger partial charge in [0.1, 0.15) is 0 Å². The van der Waals surface area contributed by atoms with Crippen LogP contribution in [0.2, 0.25) is 0 Å². The topological polar surface area (TPSA) is 501 Å². The number of carboxylic acid groups (broad SMARTS) is 12. The number of aliphatic carboxylic acids is 12. The van der Waals surface area contributed by atoms with Gasteiger partial charge in [-0.1, -0.05) is 0 Å². The molecule has 0 saturated heterocycles. The maximum absolute atomic E-state index is 10.5. The standard InChI is InChI=1S/3C12H20N2O8.4Fe/c3*15-9(16)5-13(6-10(17)18)3-1-2-4-14(7-11(19)20)8-12(21)22;;;;/h3*1-8H2,(H,15,16)(H,17,18)(H,19,20)(H,21,22);;;;/q;;;4*+3/p-12. The van der Waals surface area contributed by atoms with Crippen molar-refractivity contribution in [3.8, 4) is 0 Å². The number of hydrogen-bond donors (Lipinski definition) is 0. The third-order valence-electron chi connectivity index (χ3n) is 7.83. The molecule has 0 aromatic heterocycles. The molecule has 0 rings (SSSR count). The Morgan fingerprint density at radius 3 is 0.314 bits per heavy atom. The molecule has 0 bridgehead atoms. The number of nitrogens with zero attached hydrogens (tertiary/aromatic N) is 6. The van der Waals surface area contributed by atoms with Gasteiger partial charge in [-0.25, -0.2) is 0 Å². The normalized spacial score (nSPS) is 10.2. The fraction of sp³-hybridized carbons (Fsp3) is 0.667. The van der Waals surface area contributed by atoms with E-state index >= 15 is 0 Å². The first kappa shape index (κ1) is 79.6. The summed E-state index contributed by atoms with van der Waals surface area (Å²) in [6.07, 6.45) is 1.98. The van der Waals surface area contributed by atoms with Crippen LogP contribution >= 0.6 is 0 Å². The van der Waals surface area contributed by atoms with Gasteiger partial charge in [-0.15, -0.1) is 0 Å². The molecular weight excluding hydrogens is 1120 g/mol. The van der Waals surface area contributed by atoms with Crippen LogP contribution in [0.1, 0.15) is 38.5 Å². The van der Waals surface area contributed by atoms with Crippen molar-refractivity contribution in [1.29, 1.82) is 0 Å². The third kappa shape index (κ3) is 59.6. The number of rotatable bonds is 39. The van der Waals surface area contributed by atoms with E-state index in [9.17, 15) is 119 Å². The molecule has 0 saturated carbocycles. The van der Waals surface area contributed by atoms with Crippen LogP contribution in [-0.4, -0.2) is 219 Å². The SMILES string of the molecule is O=C([O-])CN(CCCCN(CC(=O)[O-])CC(=O)[O-])CC(=O)[O-].O=C([O-])CN(CCCCN(CC(=O)[O-])CC(=O)[O-])CC(=O)[O-].O=C([O-])CN(CCCCN(CC(=O)[O-])CC(=O)[O-])CC(=O)[O-].[Fe+3].[Fe+3].[Fe+3].[Fe+3]. The van der Waals surface area contributed by atoms with E-state index < -0.39 is 150 Å². The molecule has 0 aliphatic carbocycles. The molecule has 30 nitrogen and oxygen atoms in total. The summed E-state index contributed by atoms with van der Waals surface area (Å²) in [5.74, 6) is -17.2. The Balaban J connectivity index is -0.000000165. The van der Waals surface area contributed by atoms with E-state index in [4.69, 9.17) is 0 Å². The van der Waals surface area contributed by atoms with Gasteiger partial charge in [0.15, 0.2) is 0 Å². The third-order valence-corrected chi connectivity index (χ3v) is 7.83. The first-order chi connectivity index (χ1) is 30.6. The van der Waals surface area contributed by atoms with Gasteiger partial charge in [0.05, 0.1) is 71.6 Å². The van der Waals surface area contributed by atoms with Gasteiger partial charge in [-0.05, 0) is 77.8 Å². The minimum Gasteiger partial charge on any atom is -0.549 e. The minimum absolute atomic E-state index is 0. The average molecular weight is 1170 g/mol. The summed E-state index contributed by atoms with van der Waals surface area (Å²) in [4.78, 5) is 132. The largest absolute Gasteiger partial charge is 3.00 e. The fourth-order valence-electron chi connectivity index (χ4n) is 5.49. The van der Waals surface area contributed by atoms with Crippen LogP contribution in [-0.2, 0) is 126 Å². The quantitative estimate of drug-likeness (QED) is 0.0407. The van der Waals surface area contributed by atoms with Gasteiger partial charge < -0.3 is 119 Å². The molecule has 0 aliphatic heterocycles. The van der Waals surface area contributed by atoms with Crippen molar-refractivity contribution in [2.75, 3.05) is 118 Å². The summed E-state index contributed by atoms with van der Waals surface area (Å²) in [5.41, 5.74) is 0. The Kier molecular flexibility index (Phi) is 54.7. The van der Waals surface area contributed by atoms with E-state index in [1.165, 1.54) is 0 Å². The number of carbonyl (C=O) groups is 12. The summed E-state index contributed by atoms with van der Waals surface area (Å²) in [5, 5.41) is 125. The van der Waals surface area contributed by atoms with Gasteiger partial charge in [-0.3, -0.25) is 29.4 Å². The number of carboxylic acids is 12. The molecule has 0 N–H and O–H groups in total. The number of hydrogen-bond acceptors (Lipinski definition) is 30. The van der Waals surface area contributed by atoms with Crippen molar-refractivity contribution in [2.24, 2.45) is 0 Å². The van der Waals surface area contributed by atoms with Gasteiger partial charge in [-0.2, -0.15) is 0 Å². The van der Waals surface area contributed by atoms with Crippen molar-refractivity contribution < 1.29 is 187 Å². The van der Waals surface area contributed by atoms with E-state index in [1.54, 1.807) is 0 Å². The van der Waals surface area contributed by atoms with Crippen molar-refractivity contribution in [3.63, 3.8) is 0 Å². The Hall–Kier alpha value is -4.52. The molecule has 0 spiro atoms. The summed E-state index contributed by atoms with van der Waals surface area (Å²) < 4.78 is 0. The van der Waals surface area contributed by atoms with E-state index in [-0.39, 0.29) is 108 Å². The Morgan fingerprint density at radius 1 is 0.186 bits per heavy atom. The van der Waals surface area contributed by atoms with E-state index in [1.807, 2.05) is 0 Å². The van der Waals surface area contributed by atoms with Crippen molar-refractivity contribution in [1.82, 2.24) is 29.4 Å². The average Bonchev–Trinajstić information content (AvgIpc) is 3.11. The van der Waals surface area contributed by atoms with Crippen LogP contribution in [0, 0.1) is 0 Å². The Morgan fingerprint density at radius 2 is 0.257 bits per heavy atom. The predicted molar refractivity (Wildman–Crippen MR) is 186 cm³/mol. The van der Waals surface area contributed by atoms with E-state index in [2.05, 4.69) is 0 Å². The van der Waals surface area contributed by atoms with Crippen molar-refractivity contribution in [3.05, 3.63) is 0 Å². The molecule has 0 aromatic carbocycles. The molecule has 0 amide bonds. The second-order valence-electron chi connectivity index (χ2n) is 13.8. The molecule has 0 unspecified atom stereocenters. The van der Waals surface area contributed by atoms with Crippen LogP contribution < -0.4 is 61.3 Å². The summed E-state index contributed by atoms with van der Waals surface area (Å²) in [7, 11) is 0. The van der Waals surface area contributed by atoms with Crippen LogP contribution in [0.25, 0.3) is 0 Å². The zero-order chi connectivity index (χ0) is 51.4. The summed E-state index contributed by atoms with van der Waals surface area (Å²) >= 11 is 0. The van der Waals surface area contributed by atoms with Crippen LogP contribution in [0.4, 0.5) is 0 Å². The summed E-state index contributed by atoms with van der Waals surface area (Å²) in [6.45, 7) is -6.26. The molecule has 4 radical (unpaired) electrons. The first-order valence-electron chi connectivity index (χ1n) is 19.3. The minimum atomic E-state index is -1.43. The van der Waals surface area contributed by atoms with Crippen molar-refractivity contribution in [2.45, 2.75) is 38.5 Å². The molecule has 398 valence electrons. The molecule has 0 heterocycles. The maximum atomic E-state index is 10.5. The van der Waals surface area contributed by atoms with Crippen LogP contribution in [0.5, 0.6) is 0 Å². The first-order valence-corrected chi connectivity index (χ1v) is 19.3. The zero-order valence-electron chi connectivity index (χ0n) is 36.9. The van der Waals surface area contributed by atoms with Gasteiger partial charge in [0, 0.05) is 78.5 Å². The molecule has 34 heteroatoms. The van der Waals surface area contributed by atoms with Crippen LogP contribution in [0.3, 0.4) is 0 Å². The fourth-order valence-corrected chi connectivity index (χ4v) is 5.49. The Labute approximate surface area is 442 Å². The summed E-state index contributed by atoms with van der Waals surface area (Å²) in [6, 6.07) is 0. The smallest absolute Gasteiger partial charge is 0.549 e. The molecule has 70 heavy (non-hydrogen) atoms. The van der Waals surface area contributed by atoms with Gasteiger partial charge >= 0.3 is 68.3 Å². The number of unbranched alkanes of at least 4 members (excludes halogenated alkanes) is 3. The molecule has 0 aliphatic rings. The maximum Gasteiger partial charge on any atom is 3.00 e. The zero-order valence-corrected chi connectivity index (χ0v) is 41.3. The predicted octanol–water partition coefficient (Wildman–Crippen LogP) is -19.9. The second-order valence-corrected chi connectivity index (χ2v) is 13.8. The second kappa shape index (κ2) is 48.1. The Bertz CT molecular complexity index is 1230. The molecule has 0 atom stereocenters. The number of carbonyl (C=O) groups excluding carboxylic acids is 12. The molecule has 0 fully saturated rings. The van der Waals surface area contributed by atoms with Gasteiger partial charge in [0.25, 0.3) is 0 Å². The van der Waals surface area contributed by atoms with E-state index in [0.29, 0.717) is 38.5 Å². The molecular formula is C36H48Fe4N6O24. The van der Waals surface area contributed by atoms with Crippen molar-refractivity contribution >= 4 is 71.6 Å². The van der Waals surface area contributed by atoms with E-state index in [0.717, 1.165) is 29.4 Å². The monoisotopic (exact) mass is 1170 g/mol. The van der Waals surface area contributed by atoms with Crippen LogP contribution in [0.15, 0.2) is 0 Å². The van der Waals surface area contributed by atoms with Gasteiger partial charge in [0.2, 0.25) is 0 Å². The molecule has 0 aromatic rings.